The normalized spacial score (nSPS) is 11.1. The van der Waals surface area contributed by atoms with Crippen molar-refractivity contribution in [2.75, 3.05) is 7.11 Å². The maximum Gasteiger partial charge on any atom is 0.207 e. The number of rotatable bonds is 2. The van der Waals surface area contributed by atoms with Crippen LogP contribution in [0.5, 0.6) is 0 Å². The summed E-state index contributed by atoms with van der Waals surface area (Å²) in [6.45, 7) is 2.52. The minimum absolute atomic E-state index is 0.479. The summed E-state index contributed by atoms with van der Waals surface area (Å²) in [5.74, 6) is 0. The minimum atomic E-state index is 0.479. The van der Waals surface area contributed by atoms with Gasteiger partial charge in [-0.25, -0.2) is 4.98 Å². The summed E-state index contributed by atoms with van der Waals surface area (Å²) in [4.78, 5) is 4.22. The van der Waals surface area contributed by atoms with Gasteiger partial charge in [0.25, 0.3) is 0 Å². The first kappa shape index (κ1) is 9.49. The van der Waals surface area contributed by atoms with E-state index in [0.717, 1.165) is 11.2 Å². The standard InChI is InChI=1S/C10H11ClN2O/c1-7-3-4-13-9(5-7)8(6-14-2)12-10(13)11/h3-5H,6H2,1-2H3. The van der Waals surface area contributed by atoms with E-state index in [1.807, 2.05) is 29.7 Å². The monoisotopic (exact) mass is 210 g/mol. The van der Waals surface area contributed by atoms with Crippen molar-refractivity contribution in [3.8, 4) is 0 Å². The molecule has 0 saturated carbocycles. The highest BCUT2D eigenvalue weighted by Crippen LogP contribution is 2.18. The molecule has 0 aliphatic carbocycles. The molecular formula is C10H11ClN2O. The molecule has 14 heavy (non-hydrogen) atoms. The van der Waals surface area contributed by atoms with Crippen LogP contribution < -0.4 is 0 Å². The second kappa shape index (κ2) is 3.59. The molecule has 2 heterocycles. The zero-order chi connectivity index (χ0) is 10.1. The molecule has 0 radical (unpaired) electrons. The highest BCUT2D eigenvalue weighted by molar-refractivity contribution is 6.28. The lowest BCUT2D eigenvalue weighted by atomic mass is 10.2. The molecule has 2 rings (SSSR count). The minimum Gasteiger partial charge on any atom is -0.378 e. The Balaban J connectivity index is 2.66. The van der Waals surface area contributed by atoms with E-state index < -0.39 is 0 Å². The Kier molecular flexibility index (Phi) is 2.44. The molecule has 0 unspecified atom stereocenters. The first-order chi connectivity index (χ1) is 6.72. The molecular weight excluding hydrogens is 200 g/mol. The van der Waals surface area contributed by atoms with Crippen LogP contribution in [0, 0.1) is 6.92 Å². The van der Waals surface area contributed by atoms with E-state index in [4.69, 9.17) is 16.3 Å². The predicted molar refractivity (Wildman–Crippen MR) is 55.7 cm³/mol. The van der Waals surface area contributed by atoms with Crippen molar-refractivity contribution < 1.29 is 4.74 Å². The number of aryl methyl sites for hydroxylation is 1. The Morgan fingerprint density at radius 3 is 3.07 bits per heavy atom. The highest BCUT2D eigenvalue weighted by atomic mass is 35.5. The summed E-state index contributed by atoms with van der Waals surface area (Å²) in [5, 5.41) is 0.479. The number of hydrogen-bond donors (Lipinski definition) is 0. The molecule has 0 fully saturated rings. The number of hydrogen-bond acceptors (Lipinski definition) is 2. The molecule has 0 saturated heterocycles. The van der Waals surface area contributed by atoms with Crippen LogP contribution >= 0.6 is 11.6 Å². The molecule has 2 aromatic rings. The van der Waals surface area contributed by atoms with Gasteiger partial charge in [0, 0.05) is 13.3 Å². The fourth-order valence-corrected chi connectivity index (χ4v) is 1.70. The molecule has 0 N–H and O–H groups in total. The van der Waals surface area contributed by atoms with Crippen molar-refractivity contribution in [3.05, 3.63) is 34.9 Å². The number of nitrogens with zero attached hydrogens (tertiary/aromatic N) is 2. The molecule has 3 nitrogen and oxygen atoms in total. The Bertz CT molecular complexity index is 464. The fourth-order valence-electron chi connectivity index (χ4n) is 1.45. The van der Waals surface area contributed by atoms with E-state index in [-0.39, 0.29) is 0 Å². The molecule has 0 aliphatic heterocycles. The van der Waals surface area contributed by atoms with Crippen molar-refractivity contribution in [1.82, 2.24) is 9.38 Å². The molecule has 0 bridgehead atoms. The third-order valence-corrected chi connectivity index (χ3v) is 2.38. The number of pyridine rings is 1. The first-order valence-electron chi connectivity index (χ1n) is 4.34. The van der Waals surface area contributed by atoms with Gasteiger partial charge in [0.15, 0.2) is 0 Å². The van der Waals surface area contributed by atoms with Gasteiger partial charge in [-0.3, -0.25) is 4.40 Å². The van der Waals surface area contributed by atoms with Crippen LogP contribution in [0.4, 0.5) is 0 Å². The van der Waals surface area contributed by atoms with Crippen LogP contribution in [-0.4, -0.2) is 16.5 Å². The van der Waals surface area contributed by atoms with Gasteiger partial charge in [0.1, 0.15) is 0 Å². The number of ether oxygens (including phenoxy) is 1. The Morgan fingerprint density at radius 1 is 1.57 bits per heavy atom. The van der Waals surface area contributed by atoms with Gasteiger partial charge >= 0.3 is 0 Å². The van der Waals surface area contributed by atoms with E-state index in [9.17, 15) is 0 Å². The lowest BCUT2D eigenvalue weighted by Crippen LogP contribution is -1.89. The quantitative estimate of drug-likeness (QED) is 0.761. The van der Waals surface area contributed by atoms with Crippen LogP contribution in [-0.2, 0) is 11.3 Å². The molecule has 0 aliphatic rings. The van der Waals surface area contributed by atoms with Gasteiger partial charge in [-0.05, 0) is 36.2 Å². The number of imidazole rings is 1. The first-order valence-corrected chi connectivity index (χ1v) is 4.72. The molecule has 2 aromatic heterocycles. The molecule has 74 valence electrons. The Hall–Kier alpha value is -1.06. The fraction of sp³-hybridized carbons (Fsp3) is 0.300. The van der Waals surface area contributed by atoms with Crippen LogP contribution in [0.2, 0.25) is 5.28 Å². The summed E-state index contributed by atoms with van der Waals surface area (Å²) in [6, 6.07) is 4.05. The average Bonchev–Trinajstić information content (AvgIpc) is 2.44. The largest absolute Gasteiger partial charge is 0.378 e. The van der Waals surface area contributed by atoms with Crippen molar-refractivity contribution in [2.45, 2.75) is 13.5 Å². The van der Waals surface area contributed by atoms with Gasteiger partial charge in [0.05, 0.1) is 17.8 Å². The Labute approximate surface area is 87.3 Å². The van der Waals surface area contributed by atoms with E-state index in [1.54, 1.807) is 7.11 Å². The van der Waals surface area contributed by atoms with Crippen molar-refractivity contribution in [3.63, 3.8) is 0 Å². The molecule has 0 spiro atoms. The summed E-state index contributed by atoms with van der Waals surface area (Å²) in [6.07, 6.45) is 1.92. The number of halogens is 1. The number of aromatic nitrogens is 2. The zero-order valence-electron chi connectivity index (χ0n) is 8.12. The predicted octanol–water partition coefficient (Wildman–Crippen LogP) is 2.44. The van der Waals surface area contributed by atoms with E-state index >= 15 is 0 Å². The maximum absolute atomic E-state index is 5.96. The summed E-state index contributed by atoms with van der Waals surface area (Å²) < 4.78 is 6.90. The SMILES string of the molecule is COCc1nc(Cl)n2ccc(C)cc12. The van der Waals surface area contributed by atoms with Crippen molar-refractivity contribution in [2.24, 2.45) is 0 Å². The molecule has 0 amide bonds. The number of fused-ring (bicyclic) bond motifs is 1. The Morgan fingerprint density at radius 2 is 2.36 bits per heavy atom. The van der Waals surface area contributed by atoms with Gasteiger partial charge in [-0.15, -0.1) is 0 Å². The van der Waals surface area contributed by atoms with E-state index in [0.29, 0.717) is 11.9 Å². The lowest BCUT2D eigenvalue weighted by Gasteiger charge is -1.98. The van der Waals surface area contributed by atoms with Crippen LogP contribution in [0.1, 0.15) is 11.3 Å². The third-order valence-electron chi connectivity index (χ3n) is 2.11. The van der Waals surface area contributed by atoms with E-state index in [2.05, 4.69) is 4.98 Å². The third kappa shape index (κ3) is 1.49. The van der Waals surface area contributed by atoms with Crippen molar-refractivity contribution in [1.29, 1.82) is 0 Å². The van der Waals surface area contributed by atoms with Crippen LogP contribution in [0.3, 0.4) is 0 Å². The van der Waals surface area contributed by atoms with Crippen molar-refractivity contribution >= 4 is 17.1 Å². The maximum atomic E-state index is 5.96. The van der Waals surface area contributed by atoms with Crippen LogP contribution in [0.15, 0.2) is 18.3 Å². The lowest BCUT2D eigenvalue weighted by molar-refractivity contribution is 0.183. The van der Waals surface area contributed by atoms with Crippen LogP contribution in [0.25, 0.3) is 5.52 Å². The molecule has 4 heteroatoms. The van der Waals surface area contributed by atoms with Gasteiger partial charge in [-0.1, -0.05) is 0 Å². The van der Waals surface area contributed by atoms with Gasteiger partial charge in [-0.2, -0.15) is 0 Å². The second-order valence-corrected chi connectivity index (χ2v) is 3.56. The van der Waals surface area contributed by atoms with E-state index in [1.165, 1.54) is 5.56 Å². The summed E-state index contributed by atoms with van der Waals surface area (Å²) in [7, 11) is 1.65. The molecule has 0 atom stereocenters. The second-order valence-electron chi connectivity index (χ2n) is 3.22. The summed E-state index contributed by atoms with van der Waals surface area (Å²) >= 11 is 5.96. The van der Waals surface area contributed by atoms with Gasteiger partial charge < -0.3 is 4.74 Å². The highest BCUT2D eigenvalue weighted by Gasteiger charge is 2.08. The average molecular weight is 211 g/mol. The van der Waals surface area contributed by atoms with Gasteiger partial charge in [0.2, 0.25) is 5.28 Å². The molecule has 0 aromatic carbocycles. The smallest absolute Gasteiger partial charge is 0.207 e. The topological polar surface area (TPSA) is 26.5 Å². The summed E-state index contributed by atoms with van der Waals surface area (Å²) in [5.41, 5.74) is 3.07. The zero-order valence-corrected chi connectivity index (χ0v) is 8.88. The number of methoxy groups -OCH3 is 1.